The summed E-state index contributed by atoms with van der Waals surface area (Å²) >= 11 is 0. The first-order valence-electron chi connectivity index (χ1n) is 9.65. The van der Waals surface area contributed by atoms with E-state index < -0.39 is 0 Å². The van der Waals surface area contributed by atoms with Crippen molar-refractivity contribution < 1.29 is 14.6 Å². The van der Waals surface area contributed by atoms with Crippen LogP contribution in [0.15, 0.2) is 30.9 Å². The van der Waals surface area contributed by atoms with E-state index in [1.165, 1.54) is 0 Å². The molecule has 2 heterocycles. The van der Waals surface area contributed by atoms with Gasteiger partial charge in [-0.15, -0.1) is 6.58 Å². The van der Waals surface area contributed by atoms with Gasteiger partial charge >= 0.3 is 0 Å². The monoisotopic (exact) mass is 373 g/mol. The number of methoxy groups -OCH3 is 1. The molecule has 2 saturated heterocycles. The predicted molar refractivity (Wildman–Crippen MR) is 106 cm³/mol. The number of phenolic OH excluding ortho intramolecular Hbond substituents is 1. The molecule has 1 atom stereocenters. The molecular formula is C21H31N3O3. The van der Waals surface area contributed by atoms with Crippen LogP contribution in [0.1, 0.15) is 24.8 Å². The Morgan fingerprint density at radius 1 is 1.30 bits per heavy atom. The van der Waals surface area contributed by atoms with Crippen LogP contribution in [0.2, 0.25) is 0 Å². The third kappa shape index (κ3) is 4.28. The number of aromatic hydroxyl groups is 1. The molecular weight excluding hydrogens is 342 g/mol. The van der Waals surface area contributed by atoms with E-state index in [-0.39, 0.29) is 17.2 Å². The zero-order chi connectivity index (χ0) is 19.4. The molecule has 3 rings (SSSR count). The summed E-state index contributed by atoms with van der Waals surface area (Å²) in [5.41, 5.74) is 1.10. The topological polar surface area (TPSA) is 56.3 Å². The molecule has 2 fully saturated rings. The van der Waals surface area contributed by atoms with Crippen molar-refractivity contribution in [3.05, 3.63) is 36.4 Å². The zero-order valence-electron chi connectivity index (χ0n) is 16.5. The number of amides is 1. The third-order valence-corrected chi connectivity index (χ3v) is 6.08. The summed E-state index contributed by atoms with van der Waals surface area (Å²) < 4.78 is 5.13. The third-order valence-electron chi connectivity index (χ3n) is 6.08. The second-order valence-corrected chi connectivity index (χ2v) is 7.74. The van der Waals surface area contributed by atoms with Gasteiger partial charge in [-0.1, -0.05) is 12.1 Å². The van der Waals surface area contributed by atoms with E-state index in [1.54, 1.807) is 13.2 Å². The van der Waals surface area contributed by atoms with Crippen molar-refractivity contribution >= 4 is 5.91 Å². The van der Waals surface area contributed by atoms with Crippen LogP contribution in [0.5, 0.6) is 11.5 Å². The highest BCUT2D eigenvalue weighted by Crippen LogP contribution is 2.33. The van der Waals surface area contributed by atoms with Crippen molar-refractivity contribution in [2.45, 2.75) is 31.3 Å². The molecule has 0 aromatic heterocycles. The number of hydrogen-bond donors (Lipinski definition) is 1. The van der Waals surface area contributed by atoms with Crippen molar-refractivity contribution in [2.75, 3.05) is 46.9 Å². The van der Waals surface area contributed by atoms with Gasteiger partial charge in [-0.25, -0.2) is 0 Å². The Hall–Kier alpha value is -2.05. The van der Waals surface area contributed by atoms with E-state index >= 15 is 0 Å². The standard InChI is InChI=1S/C21H31N3O3/c1-4-10-24-11-9-21(8-7-20(24)26)16-23(13-12-22(21)2)15-17-5-6-19(27-3)18(25)14-17/h4-6,14,25H,1,7-13,15-16H2,2-3H3/t21-/m1/s1. The first kappa shape index (κ1) is 19.7. The number of nitrogens with zero attached hydrogens (tertiary/aromatic N) is 3. The highest BCUT2D eigenvalue weighted by Gasteiger charge is 2.42. The van der Waals surface area contributed by atoms with Crippen molar-refractivity contribution in [3.8, 4) is 11.5 Å². The highest BCUT2D eigenvalue weighted by molar-refractivity contribution is 5.76. The van der Waals surface area contributed by atoms with Gasteiger partial charge in [0.2, 0.25) is 5.91 Å². The smallest absolute Gasteiger partial charge is 0.222 e. The van der Waals surface area contributed by atoms with E-state index in [4.69, 9.17) is 4.74 Å². The molecule has 27 heavy (non-hydrogen) atoms. The number of phenols is 1. The molecule has 0 bridgehead atoms. The first-order chi connectivity index (χ1) is 13.0. The number of benzene rings is 1. The molecule has 1 aromatic carbocycles. The number of rotatable bonds is 5. The van der Waals surface area contributed by atoms with E-state index in [0.29, 0.717) is 18.7 Å². The Morgan fingerprint density at radius 2 is 2.11 bits per heavy atom. The van der Waals surface area contributed by atoms with Crippen LogP contribution < -0.4 is 4.74 Å². The van der Waals surface area contributed by atoms with Gasteiger partial charge in [-0.3, -0.25) is 14.6 Å². The van der Waals surface area contributed by atoms with Gasteiger partial charge in [-0.2, -0.15) is 0 Å². The summed E-state index contributed by atoms with van der Waals surface area (Å²) in [5.74, 6) is 0.912. The quantitative estimate of drug-likeness (QED) is 0.801. The van der Waals surface area contributed by atoms with Crippen LogP contribution in [0.4, 0.5) is 0 Å². The fourth-order valence-electron chi connectivity index (χ4n) is 4.35. The maximum absolute atomic E-state index is 12.4. The van der Waals surface area contributed by atoms with Gasteiger partial charge in [0.15, 0.2) is 11.5 Å². The minimum atomic E-state index is 0.0261. The molecule has 6 heteroatoms. The molecule has 0 saturated carbocycles. The van der Waals surface area contributed by atoms with Crippen molar-refractivity contribution in [1.82, 2.24) is 14.7 Å². The Balaban J connectivity index is 1.71. The summed E-state index contributed by atoms with van der Waals surface area (Å²) in [5, 5.41) is 10.0. The van der Waals surface area contributed by atoms with Crippen molar-refractivity contribution in [3.63, 3.8) is 0 Å². The Bertz CT molecular complexity index is 693. The fraction of sp³-hybridized carbons (Fsp3) is 0.571. The minimum Gasteiger partial charge on any atom is -0.504 e. The van der Waals surface area contributed by atoms with Crippen LogP contribution in [0.25, 0.3) is 0 Å². The Labute approximate surface area is 162 Å². The SMILES string of the molecule is C=CCN1CC[C@]2(CCC1=O)CN(Cc1ccc(OC)c(O)c1)CCN2C. The molecule has 1 aromatic rings. The average Bonchev–Trinajstić information content (AvgIpc) is 2.80. The van der Waals surface area contributed by atoms with Gasteiger partial charge in [0.1, 0.15) is 0 Å². The Kier molecular flexibility index (Phi) is 6.07. The number of likely N-dealkylation sites (tertiary alicyclic amines) is 1. The van der Waals surface area contributed by atoms with E-state index in [0.717, 1.165) is 51.1 Å². The van der Waals surface area contributed by atoms with Gasteiger partial charge in [-0.05, 0) is 37.6 Å². The number of likely N-dealkylation sites (N-methyl/N-ethyl adjacent to an activating group) is 1. The molecule has 1 N–H and O–H groups in total. The number of piperazine rings is 1. The number of hydrogen-bond acceptors (Lipinski definition) is 5. The lowest BCUT2D eigenvalue weighted by molar-refractivity contribution is -0.130. The summed E-state index contributed by atoms with van der Waals surface area (Å²) in [6.45, 7) is 8.88. The number of ether oxygens (including phenoxy) is 1. The predicted octanol–water partition coefficient (Wildman–Crippen LogP) is 2.09. The largest absolute Gasteiger partial charge is 0.504 e. The van der Waals surface area contributed by atoms with Crippen LogP contribution >= 0.6 is 0 Å². The van der Waals surface area contributed by atoms with Gasteiger partial charge in [0.05, 0.1) is 7.11 Å². The minimum absolute atomic E-state index is 0.0261. The molecule has 2 aliphatic heterocycles. The zero-order valence-corrected chi connectivity index (χ0v) is 16.5. The summed E-state index contributed by atoms with van der Waals surface area (Å²) in [6, 6.07) is 5.60. The molecule has 0 radical (unpaired) electrons. The maximum atomic E-state index is 12.4. The molecule has 1 amide bonds. The molecule has 6 nitrogen and oxygen atoms in total. The maximum Gasteiger partial charge on any atom is 0.222 e. The van der Waals surface area contributed by atoms with Crippen molar-refractivity contribution in [2.24, 2.45) is 0 Å². The molecule has 1 spiro atoms. The van der Waals surface area contributed by atoms with E-state index in [1.807, 2.05) is 23.1 Å². The summed E-state index contributed by atoms with van der Waals surface area (Å²) in [7, 11) is 3.74. The van der Waals surface area contributed by atoms with Crippen LogP contribution in [-0.4, -0.2) is 78.1 Å². The lowest BCUT2D eigenvalue weighted by Gasteiger charge is -2.49. The van der Waals surface area contributed by atoms with E-state index in [9.17, 15) is 9.90 Å². The van der Waals surface area contributed by atoms with Gasteiger partial charge < -0.3 is 14.7 Å². The van der Waals surface area contributed by atoms with Gasteiger partial charge in [0.25, 0.3) is 0 Å². The second kappa shape index (κ2) is 8.31. The average molecular weight is 373 g/mol. The van der Waals surface area contributed by atoms with Crippen molar-refractivity contribution in [1.29, 1.82) is 0 Å². The molecule has 0 aliphatic carbocycles. The highest BCUT2D eigenvalue weighted by atomic mass is 16.5. The lowest BCUT2D eigenvalue weighted by Crippen LogP contribution is -2.60. The molecule has 0 unspecified atom stereocenters. The summed E-state index contributed by atoms with van der Waals surface area (Å²) in [6.07, 6.45) is 4.27. The first-order valence-corrected chi connectivity index (χ1v) is 9.65. The normalized spacial score (nSPS) is 24.8. The van der Waals surface area contributed by atoms with Gasteiger partial charge in [0, 0.05) is 51.2 Å². The van der Waals surface area contributed by atoms with Crippen LogP contribution in [0.3, 0.4) is 0 Å². The van der Waals surface area contributed by atoms with E-state index in [2.05, 4.69) is 23.4 Å². The summed E-state index contributed by atoms with van der Waals surface area (Å²) in [4.78, 5) is 19.2. The van der Waals surface area contributed by atoms with Crippen LogP contribution in [0, 0.1) is 0 Å². The number of carbonyl (C=O) groups is 1. The molecule has 148 valence electrons. The lowest BCUT2D eigenvalue weighted by atomic mass is 9.86. The fourth-order valence-corrected chi connectivity index (χ4v) is 4.35. The van der Waals surface area contributed by atoms with Crippen LogP contribution in [-0.2, 0) is 11.3 Å². The number of carbonyl (C=O) groups excluding carboxylic acids is 1. The molecule has 2 aliphatic rings. The Morgan fingerprint density at radius 3 is 2.81 bits per heavy atom. The second-order valence-electron chi connectivity index (χ2n) is 7.74.